The van der Waals surface area contributed by atoms with Crippen LogP contribution < -0.4 is 15.0 Å². The number of nitrogens with one attached hydrogen (secondary N) is 1. The molecule has 2 aromatic rings. The van der Waals surface area contributed by atoms with E-state index in [2.05, 4.69) is 5.32 Å². The first-order chi connectivity index (χ1) is 12.0. The van der Waals surface area contributed by atoms with Crippen LogP contribution in [0.1, 0.15) is 12.8 Å². The second kappa shape index (κ2) is 7.11. The molecule has 1 aliphatic rings. The van der Waals surface area contributed by atoms with Crippen LogP contribution in [0, 0.1) is 5.82 Å². The molecule has 1 unspecified atom stereocenters. The number of ether oxygens (including phenoxy) is 1. The van der Waals surface area contributed by atoms with Gasteiger partial charge in [-0.25, -0.2) is 4.39 Å². The number of benzene rings is 2. The SMILES string of the molecule is COc1ccc(NC(=O)C2CCC(=O)N2c2ccc(F)cc2)cc1Cl. The molecule has 0 radical (unpaired) electrons. The Morgan fingerprint density at radius 2 is 2.00 bits per heavy atom. The summed E-state index contributed by atoms with van der Waals surface area (Å²) >= 11 is 6.06. The minimum absolute atomic E-state index is 0.167. The van der Waals surface area contributed by atoms with Crippen LogP contribution in [-0.4, -0.2) is 25.0 Å². The molecule has 2 aromatic carbocycles. The van der Waals surface area contributed by atoms with Crippen molar-refractivity contribution in [2.24, 2.45) is 0 Å². The van der Waals surface area contributed by atoms with E-state index in [1.807, 2.05) is 0 Å². The molecular weight excluding hydrogens is 347 g/mol. The number of nitrogens with zero attached hydrogens (tertiary/aromatic N) is 1. The smallest absolute Gasteiger partial charge is 0.247 e. The molecule has 1 saturated heterocycles. The molecule has 0 bridgehead atoms. The molecule has 1 heterocycles. The van der Waals surface area contributed by atoms with Crippen molar-refractivity contribution in [2.45, 2.75) is 18.9 Å². The summed E-state index contributed by atoms with van der Waals surface area (Å²) in [5.74, 6) is -0.385. The number of carbonyl (C=O) groups excluding carboxylic acids is 2. The van der Waals surface area contributed by atoms with Gasteiger partial charge in [0.15, 0.2) is 0 Å². The van der Waals surface area contributed by atoms with Gasteiger partial charge in [0.2, 0.25) is 11.8 Å². The van der Waals surface area contributed by atoms with Crippen molar-refractivity contribution in [3.05, 3.63) is 53.3 Å². The third-order valence-corrected chi connectivity index (χ3v) is 4.33. The third kappa shape index (κ3) is 3.58. The Hall–Kier alpha value is -2.60. The van der Waals surface area contributed by atoms with Gasteiger partial charge in [-0.05, 0) is 48.9 Å². The summed E-state index contributed by atoms with van der Waals surface area (Å²) in [6.45, 7) is 0. The van der Waals surface area contributed by atoms with Crippen molar-refractivity contribution in [1.29, 1.82) is 0 Å². The van der Waals surface area contributed by atoms with E-state index in [9.17, 15) is 14.0 Å². The van der Waals surface area contributed by atoms with Gasteiger partial charge in [-0.1, -0.05) is 11.6 Å². The van der Waals surface area contributed by atoms with Gasteiger partial charge in [-0.15, -0.1) is 0 Å². The molecule has 2 amide bonds. The number of rotatable bonds is 4. The van der Waals surface area contributed by atoms with Gasteiger partial charge in [-0.2, -0.15) is 0 Å². The van der Waals surface area contributed by atoms with E-state index in [1.165, 1.54) is 36.3 Å². The van der Waals surface area contributed by atoms with Gasteiger partial charge >= 0.3 is 0 Å². The number of hydrogen-bond acceptors (Lipinski definition) is 3. The van der Waals surface area contributed by atoms with Gasteiger partial charge in [0.05, 0.1) is 12.1 Å². The first kappa shape index (κ1) is 17.2. The van der Waals surface area contributed by atoms with Crippen molar-refractivity contribution >= 4 is 34.8 Å². The highest BCUT2D eigenvalue weighted by atomic mass is 35.5. The number of methoxy groups -OCH3 is 1. The van der Waals surface area contributed by atoms with Crippen molar-refractivity contribution in [3.8, 4) is 5.75 Å². The topological polar surface area (TPSA) is 58.6 Å². The lowest BCUT2D eigenvalue weighted by atomic mass is 10.2. The molecule has 1 atom stereocenters. The molecule has 130 valence electrons. The second-order valence-electron chi connectivity index (χ2n) is 5.63. The highest BCUT2D eigenvalue weighted by Gasteiger charge is 2.37. The van der Waals surface area contributed by atoms with Gasteiger partial charge in [0, 0.05) is 17.8 Å². The minimum atomic E-state index is -0.654. The lowest BCUT2D eigenvalue weighted by Crippen LogP contribution is -2.41. The van der Waals surface area contributed by atoms with Crippen LogP contribution in [-0.2, 0) is 9.59 Å². The van der Waals surface area contributed by atoms with Crippen LogP contribution in [0.3, 0.4) is 0 Å². The molecule has 1 fully saturated rings. The number of hydrogen-bond donors (Lipinski definition) is 1. The average Bonchev–Trinajstić information content (AvgIpc) is 2.97. The predicted octanol–water partition coefficient (Wildman–Crippen LogP) is 3.62. The number of amides is 2. The van der Waals surface area contributed by atoms with Gasteiger partial charge in [0.25, 0.3) is 0 Å². The zero-order valence-corrected chi connectivity index (χ0v) is 14.2. The van der Waals surface area contributed by atoms with Crippen molar-refractivity contribution < 1.29 is 18.7 Å². The summed E-state index contributed by atoms with van der Waals surface area (Å²) in [7, 11) is 1.50. The summed E-state index contributed by atoms with van der Waals surface area (Å²) in [5, 5.41) is 3.13. The van der Waals surface area contributed by atoms with Crippen LogP contribution in [0.15, 0.2) is 42.5 Å². The van der Waals surface area contributed by atoms with E-state index >= 15 is 0 Å². The Bertz CT molecular complexity index is 810. The van der Waals surface area contributed by atoms with Crippen LogP contribution in [0.5, 0.6) is 5.75 Å². The minimum Gasteiger partial charge on any atom is -0.495 e. The second-order valence-corrected chi connectivity index (χ2v) is 6.04. The average molecular weight is 363 g/mol. The molecule has 3 rings (SSSR count). The van der Waals surface area contributed by atoms with E-state index < -0.39 is 11.9 Å². The Kier molecular flexibility index (Phi) is 4.90. The molecule has 0 spiro atoms. The monoisotopic (exact) mass is 362 g/mol. The fourth-order valence-corrected chi connectivity index (χ4v) is 3.08. The molecule has 5 nitrogen and oxygen atoms in total. The van der Waals surface area contributed by atoms with Crippen LogP contribution in [0.2, 0.25) is 5.02 Å². The van der Waals surface area contributed by atoms with Crippen molar-refractivity contribution in [1.82, 2.24) is 0 Å². The fraction of sp³-hybridized carbons (Fsp3) is 0.222. The molecule has 1 N–H and O–H groups in total. The van der Waals surface area contributed by atoms with Gasteiger partial charge < -0.3 is 10.1 Å². The highest BCUT2D eigenvalue weighted by molar-refractivity contribution is 6.32. The van der Waals surface area contributed by atoms with Crippen LogP contribution >= 0.6 is 11.6 Å². The normalized spacial score (nSPS) is 16.8. The summed E-state index contributed by atoms with van der Waals surface area (Å²) in [6, 6.07) is 9.75. The maximum atomic E-state index is 13.1. The number of halogens is 2. The van der Waals surface area contributed by atoms with Gasteiger partial charge in [0.1, 0.15) is 17.6 Å². The Morgan fingerprint density at radius 3 is 2.64 bits per heavy atom. The zero-order valence-electron chi connectivity index (χ0n) is 13.5. The van der Waals surface area contributed by atoms with E-state index in [1.54, 1.807) is 18.2 Å². The molecule has 1 aliphatic heterocycles. The zero-order chi connectivity index (χ0) is 18.0. The molecule has 0 aliphatic carbocycles. The molecule has 0 saturated carbocycles. The third-order valence-electron chi connectivity index (χ3n) is 4.04. The summed E-state index contributed by atoms with van der Waals surface area (Å²) < 4.78 is 18.2. The van der Waals surface area contributed by atoms with Crippen molar-refractivity contribution in [2.75, 3.05) is 17.3 Å². The van der Waals surface area contributed by atoms with E-state index in [-0.39, 0.29) is 18.2 Å². The maximum Gasteiger partial charge on any atom is 0.247 e. The Labute approximate surface area is 149 Å². The molecular formula is C18H16ClFN2O3. The first-order valence-corrected chi connectivity index (χ1v) is 8.09. The fourth-order valence-electron chi connectivity index (χ4n) is 2.83. The molecule has 25 heavy (non-hydrogen) atoms. The predicted molar refractivity (Wildman–Crippen MR) is 93.5 cm³/mol. The van der Waals surface area contributed by atoms with Crippen LogP contribution in [0.25, 0.3) is 0 Å². The summed E-state index contributed by atoms with van der Waals surface area (Å²) in [4.78, 5) is 26.2. The van der Waals surface area contributed by atoms with E-state index in [0.717, 1.165) is 0 Å². The lowest BCUT2D eigenvalue weighted by Gasteiger charge is -2.24. The maximum absolute atomic E-state index is 13.1. The first-order valence-electron chi connectivity index (χ1n) is 7.71. The number of carbonyl (C=O) groups is 2. The van der Waals surface area contributed by atoms with Crippen LogP contribution in [0.4, 0.5) is 15.8 Å². The Balaban J connectivity index is 1.79. The molecule has 0 aromatic heterocycles. The van der Waals surface area contributed by atoms with E-state index in [4.69, 9.17) is 16.3 Å². The number of anilines is 2. The quantitative estimate of drug-likeness (QED) is 0.903. The summed E-state index contributed by atoms with van der Waals surface area (Å²) in [6.07, 6.45) is 0.658. The van der Waals surface area contributed by atoms with Gasteiger partial charge in [-0.3, -0.25) is 14.5 Å². The summed E-state index contributed by atoms with van der Waals surface area (Å²) in [5.41, 5.74) is 1.01. The van der Waals surface area contributed by atoms with E-state index in [0.29, 0.717) is 28.6 Å². The van der Waals surface area contributed by atoms with Crippen molar-refractivity contribution in [3.63, 3.8) is 0 Å². The standard InChI is InChI=1S/C18H16ClFN2O3/c1-25-16-8-4-12(10-14(16)19)21-18(24)15-7-9-17(23)22(15)13-5-2-11(20)3-6-13/h2-6,8,10,15H,7,9H2,1H3,(H,21,24). The Morgan fingerprint density at radius 1 is 1.28 bits per heavy atom. The largest absolute Gasteiger partial charge is 0.495 e. The lowest BCUT2D eigenvalue weighted by molar-refractivity contribution is -0.120. The highest BCUT2D eigenvalue weighted by Crippen LogP contribution is 2.30. The molecule has 7 heteroatoms.